The van der Waals surface area contributed by atoms with Gasteiger partial charge in [0.15, 0.2) is 0 Å². The molecule has 106 valence electrons. The minimum Gasteiger partial charge on any atom is -0.271 e. The Morgan fingerprint density at radius 2 is 2.05 bits per heavy atom. The maximum Gasteiger partial charge on any atom is 0.114 e. The van der Waals surface area contributed by atoms with E-state index >= 15 is 0 Å². The summed E-state index contributed by atoms with van der Waals surface area (Å²) in [6.45, 7) is 6.96. The lowest BCUT2D eigenvalue weighted by molar-refractivity contribution is 0.390. The van der Waals surface area contributed by atoms with Gasteiger partial charge in [0.25, 0.3) is 0 Å². The van der Waals surface area contributed by atoms with E-state index in [1.54, 1.807) is 0 Å². The van der Waals surface area contributed by atoms with Gasteiger partial charge in [-0.05, 0) is 36.8 Å². The third-order valence-corrected chi connectivity index (χ3v) is 4.60. The number of aryl methyl sites for hydroxylation is 1. The molecule has 0 radical (unpaired) electrons. The van der Waals surface area contributed by atoms with Gasteiger partial charge in [0.2, 0.25) is 0 Å². The van der Waals surface area contributed by atoms with E-state index in [4.69, 9.17) is 5.10 Å². The summed E-state index contributed by atoms with van der Waals surface area (Å²) < 4.78 is 2.10. The molecule has 3 nitrogen and oxygen atoms in total. The molecule has 0 spiro atoms. The second-order valence-corrected chi connectivity index (χ2v) is 6.32. The molecule has 0 aromatic carbocycles. The number of aromatic nitrogens is 3. The third kappa shape index (κ3) is 2.05. The minimum absolute atomic E-state index is 0.575. The molecular weight excluding hydrogens is 246 g/mol. The van der Waals surface area contributed by atoms with Crippen molar-refractivity contribution in [3.05, 3.63) is 35.7 Å². The topological polar surface area (TPSA) is 30.7 Å². The standard InChI is InChI=1S/C17H23N3/c1-11(2)13-9-8-12(3)15-16(19-20(4)17(13)15)14-7-5-6-10-18-14/h5-7,10-13H,8-9H2,1-4H3/t12-,13+/m1/s1. The largest absolute Gasteiger partial charge is 0.271 e. The molecule has 2 aromatic rings. The van der Waals surface area contributed by atoms with Gasteiger partial charge in [-0.3, -0.25) is 9.67 Å². The fourth-order valence-electron chi connectivity index (χ4n) is 3.53. The zero-order valence-electron chi connectivity index (χ0n) is 12.8. The van der Waals surface area contributed by atoms with Gasteiger partial charge in [-0.15, -0.1) is 0 Å². The lowest BCUT2D eigenvalue weighted by atomic mass is 9.75. The molecule has 1 aliphatic rings. The summed E-state index contributed by atoms with van der Waals surface area (Å²) in [4.78, 5) is 4.50. The Morgan fingerprint density at radius 3 is 2.70 bits per heavy atom. The van der Waals surface area contributed by atoms with Crippen LogP contribution in [0.4, 0.5) is 0 Å². The first-order valence-corrected chi connectivity index (χ1v) is 7.57. The smallest absolute Gasteiger partial charge is 0.114 e. The van der Waals surface area contributed by atoms with E-state index in [0.29, 0.717) is 17.8 Å². The zero-order chi connectivity index (χ0) is 14.3. The van der Waals surface area contributed by atoms with Crippen LogP contribution < -0.4 is 0 Å². The van der Waals surface area contributed by atoms with Gasteiger partial charge >= 0.3 is 0 Å². The van der Waals surface area contributed by atoms with Gasteiger partial charge in [0, 0.05) is 30.4 Å². The van der Waals surface area contributed by atoms with Gasteiger partial charge in [-0.2, -0.15) is 5.10 Å². The number of pyridine rings is 1. The Kier molecular flexibility index (Phi) is 3.36. The predicted octanol–water partition coefficient (Wildman–Crippen LogP) is 4.12. The summed E-state index contributed by atoms with van der Waals surface area (Å²) >= 11 is 0. The molecule has 20 heavy (non-hydrogen) atoms. The van der Waals surface area contributed by atoms with Gasteiger partial charge in [-0.1, -0.05) is 26.8 Å². The van der Waals surface area contributed by atoms with Gasteiger partial charge in [0.05, 0.1) is 5.69 Å². The summed E-state index contributed by atoms with van der Waals surface area (Å²) in [6, 6.07) is 6.06. The molecule has 0 aliphatic heterocycles. The van der Waals surface area contributed by atoms with E-state index in [0.717, 1.165) is 11.4 Å². The Labute approximate surface area is 121 Å². The average Bonchev–Trinajstić information content (AvgIpc) is 2.79. The quantitative estimate of drug-likeness (QED) is 0.821. The third-order valence-electron chi connectivity index (χ3n) is 4.60. The van der Waals surface area contributed by atoms with E-state index in [1.165, 1.54) is 24.1 Å². The molecule has 3 rings (SSSR count). The van der Waals surface area contributed by atoms with Crippen LogP contribution in [0.15, 0.2) is 24.4 Å². The first-order chi connectivity index (χ1) is 9.59. The van der Waals surface area contributed by atoms with Crippen LogP contribution in [0, 0.1) is 5.92 Å². The molecule has 2 heterocycles. The molecule has 3 heteroatoms. The van der Waals surface area contributed by atoms with Crippen LogP contribution in [-0.4, -0.2) is 14.8 Å². The second kappa shape index (κ2) is 5.04. The molecule has 0 saturated carbocycles. The number of rotatable bonds is 2. The van der Waals surface area contributed by atoms with Crippen molar-refractivity contribution in [1.82, 2.24) is 14.8 Å². The fourth-order valence-corrected chi connectivity index (χ4v) is 3.53. The van der Waals surface area contributed by atoms with Crippen molar-refractivity contribution in [2.45, 2.75) is 45.4 Å². The van der Waals surface area contributed by atoms with E-state index < -0.39 is 0 Å². The SMILES string of the molecule is CC(C)[C@@H]1CC[C@@H](C)c2c(-c3ccccn3)nn(C)c21. The highest BCUT2D eigenvalue weighted by molar-refractivity contribution is 5.62. The Balaban J connectivity index is 2.18. The second-order valence-electron chi connectivity index (χ2n) is 6.32. The monoisotopic (exact) mass is 269 g/mol. The van der Waals surface area contributed by atoms with Crippen molar-refractivity contribution in [2.24, 2.45) is 13.0 Å². The number of nitrogens with zero attached hydrogens (tertiary/aromatic N) is 3. The summed E-state index contributed by atoms with van der Waals surface area (Å²) in [5.74, 6) is 1.86. The van der Waals surface area contributed by atoms with Crippen LogP contribution in [0.2, 0.25) is 0 Å². The van der Waals surface area contributed by atoms with Crippen molar-refractivity contribution in [2.75, 3.05) is 0 Å². The summed E-state index contributed by atoms with van der Waals surface area (Å²) in [5, 5.41) is 4.80. The van der Waals surface area contributed by atoms with Gasteiger partial charge < -0.3 is 0 Å². The summed E-state index contributed by atoms with van der Waals surface area (Å²) in [6.07, 6.45) is 4.37. The number of fused-ring (bicyclic) bond motifs is 1. The number of hydrogen-bond acceptors (Lipinski definition) is 2. The van der Waals surface area contributed by atoms with E-state index in [2.05, 4.69) is 43.6 Å². The Bertz CT molecular complexity index is 598. The molecule has 0 amide bonds. The van der Waals surface area contributed by atoms with Crippen LogP contribution in [-0.2, 0) is 7.05 Å². The minimum atomic E-state index is 0.575. The van der Waals surface area contributed by atoms with E-state index in [1.807, 2.05) is 18.3 Å². The predicted molar refractivity (Wildman–Crippen MR) is 81.7 cm³/mol. The Morgan fingerprint density at radius 1 is 1.25 bits per heavy atom. The molecule has 2 atom stereocenters. The maximum atomic E-state index is 4.80. The summed E-state index contributed by atoms with van der Waals surface area (Å²) in [7, 11) is 2.08. The lowest BCUT2D eigenvalue weighted by Crippen LogP contribution is -2.19. The molecule has 0 bridgehead atoms. The molecule has 0 saturated heterocycles. The molecule has 0 unspecified atom stereocenters. The Hall–Kier alpha value is -1.64. The molecular formula is C17H23N3. The highest BCUT2D eigenvalue weighted by atomic mass is 15.3. The van der Waals surface area contributed by atoms with Gasteiger partial charge in [-0.25, -0.2) is 0 Å². The van der Waals surface area contributed by atoms with Crippen LogP contribution in [0.1, 0.15) is 56.7 Å². The molecule has 2 aromatic heterocycles. The zero-order valence-corrected chi connectivity index (χ0v) is 12.8. The highest BCUT2D eigenvalue weighted by Gasteiger charge is 2.33. The average molecular weight is 269 g/mol. The van der Waals surface area contributed by atoms with Crippen molar-refractivity contribution in [1.29, 1.82) is 0 Å². The normalized spacial score (nSPS) is 22.1. The van der Waals surface area contributed by atoms with Crippen LogP contribution in [0.25, 0.3) is 11.4 Å². The van der Waals surface area contributed by atoms with Crippen molar-refractivity contribution >= 4 is 0 Å². The first kappa shape index (κ1) is 13.3. The lowest BCUT2D eigenvalue weighted by Gasteiger charge is -2.30. The van der Waals surface area contributed by atoms with E-state index in [-0.39, 0.29) is 0 Å². The van der Waals surface area contributed by atoms with Gasteiger partial charge in [0.1, 0.15) is 5.69 Å². The molecule has 1 aliphatic carbocycles. The van der Waals surface area contributed by atoms with Crippen molar-refractivity contribution < 1.29 is 0 Å². The molecule has 0 fully saturated rings. The highest BCUT2D eigenvalue weighted by Crippen LogP contribution is 2.45. The van der Waals surface area contributed by atoms with E-state index in [9.17, 15) is 0 Å². The fraction of sp³-hybridized carbons (Fsp3) is 0.529. The van der Waals surface area contributed by atoms with Crippen LogP contribution in [0.5, 0.6) is 0 Å². The molecule has 0 N–H and O–H groups in total. The van der Waals surface area contributed by atoms with Crippen LogP contribution >= 0.6 is 0 Å². The van der Waals surface area contributed by atoms with Crippen molar-refractivity contribution in [3.63, 3.8) is 0 Å². The summed E-state index contributed by atoms with van der Waals surface area (Å²) in [5.41, 5.74) is 4.94. The van der Waals surface area contributed by atoms with Crippen molar-refractivity contribution in [3.8, 4) is 11.4 Å². The number of hydrogen-bond donors (Lipinski definition) is 0. The maximum absolute atomic E-state index is 4.80. The van der Waals surface area contributed by atoms with Crippen LogP contribution in [0.3, 0.4) is 0 Å². The first-order valence-electron chi connectivity index (χ1n) is 7.57.